The number of halogens is 5. The molecule has 1 aromatic heterocycles. The van der Waals surface area contributed by atoms with Crippen LogP contribution in [0.1, 0.15) is 6.92 Å². The largest absolute Gasteiger partial charge is 0.481 e. The second kappa shape index (κ2) is 8.08. The van der Waals surface area contributed by atoms with Gasteiger partial charge in [-0.2, -0.15) is 0 Å². The summed E-state index contributed by atoms with van der Waals surface area (Å²) in [6.45, 7) is 0.472. The molecule has 1 aromatic carbocycles. The zero-order valence-corrected chi connectivity index (χ0v) is 13.7. The van der Waals surface area contributed by atoms with E-state index < -0.39 is 35.7 Å². The summed E-state index contributed by atoms with van der Waals surface area (Å²) in [7, 11) is 0. The lowest BCUT2D eigenvalue weighted by molar-refractivity contribution is 0.126. The molecule has 1 heterocycles. The van der Waals surface area contributed by atoms with Gasteiger partial charge in [0.2, 0.25) is 0 Å². The Hall–Kier alpha value is -2.46. The standard InChI is InChI=1S/C17H12ClF4NO2/c1-2-3-6-25-10-7-12(19)16(13(20)8-10)14-5-4-11(18)17(24)23(14)9-15(21)22/h4-5,7-8,15H,6,9H2,1H3. The number of rotatable bonds is 5. The van der Waals surface area contributed by atoms with E-state index in [1.54, 1.807) is 6.92 Å². The van der Waals surface area contributed by atoms with Gasteiger partial charge in [-0.25, -0.2) is 17.6 Å². The number of aromatic nitrogens is 1. The van der Waals surface area contributed by atoms with Crippen LogP contribution >= 0.6 is 11.6 Å². The van der Waals surface area contributed by atoms with Crippen LogP contribution < -0.4 is 10.3 Å². The SMILES string of the molecule is CC#CCOc1cc(F)c(-c2ccc(Cl)c(=O)n2CC(F)F)c(F)c1. The second-order valence-electron chi connectivity index (χ2n) is 4.85. The Labute approximate surface area is 145 Å². The van der Waals surface area contributed by atoms with E-state index in [1.165, 1.54) is 0 Å². The molecule has 0 N–H and O–H groups in total. The Balaban J connectivity index is 2.56. The molecular formula is C17H12ClF4NO2. The Morgan fingerprint density at radius 3 is 2.44 bits per heavy atom. The van der Waals surface area contributed by atoms with Crippen LogP contribution in [0.25, 0.3) is 11.3 Å². The molecule has 0 atom stereocenters. The summed E-state index contributed by atoms with van der Waals surface area (Å²) in [6, 6.07) is 3.99. The van der Waals surface area contributed by atoms with Crippen LogP contribution in [0, 0.1) is 23.5 Å². The van der Waals surface area contributed by atoms with Crippen LogP contribution in [0.15, 0.2) is 29.1 Å². The highest BCUT2D eigenvalue weighted by Gasteiger charge is 2.20. The molecule has 0 unspecified atom stereocenters. The van der Waals surface area contributed by atoms with Crippen LogP contribution in [0.5, 0.6) is 5.75 Å². The number of benzene rings is 1. The molecule has 3 nitrogen and oxygen atoms in total. The number of pyridine rings is 1. The van der Waals surface area contributed by atoms with Gasteiger partial charge in [0.25, 0.3) is 12.0 Å². The average Bonchev–Trinajstić information content (AvgIpc) is 2.53. The van der Waals surface area contributed by atoms with Crippen molar-refractivity contribution in [1.29, 1.82) is 0 Å². The summed E-state index contributed by atoms with van der Waals surface area (Å²) in [5, 5.41) is -0.330. The molecule has 0 amide bonds. The molecule has 2 aromatic rings. The number of nitrogens with zero attached hydrogens (tertiary/aromatic N) is 1. The van der Waals surface area contributed by atoms with E-state index in [1.807, 2.05) is 0 Å². The van der Waals surface area contributed by atoms with E-state index in [-0.39, 0.29) is 23.1 Å². The van der Waals surface area contributed by atoms with Gasteiger partial charge in [-0.05, 0) is 19.1 Å². The van der Waals surface area contributed by atoms with E-state index >= 15 is 0 Å². The molecule has 0 aliphatic rings. The highest BCUT2D eigenvalue weighted by molar-refractivity contribution is 6.30. The van der Waals surface area contributed by atoms with Crippen molar-refractivity contribution >= 4 is 11.6 Å². The van der Waals surface area contributed by atoms with E-state index in [0.717, 1.165) is 24.3 Å². The van der Waals surface area contributed by atoms with Crippen molar-refractivity contribution in [3.05, 3.63) is 51.3 Å². The fourth-order valence-electron chi connectivity index (χ4n) is 2.16. The lowest BCUT2D eigenvalue weighted by Crippen LogP contribution is -2.25. The van der Waals surface area contributed by atoms with Gasteiger partial charge in [0.15, 0.2) is 0 Å². The number of alkyl halides is 2. The van der Waals surface area contributed by atoms with Crippen LogP contribution in [0.3, 0.4) is 0 Å². The summed E-state index contributed by atoms with van der Waals surface area (Å²) in [5.41, 5.74) is -1.93. The topological polar surface area (TPSA) is 31.2 Å². The van der Waals surface area contributed by atoms with Gasteiger partial charge in [-0.15, -0.1) is 5.92 Å². The first-order valence-electron chi connectivity index (χ1n) is 7.04. The van der Waals surface area contributed by atoms with Gasteiger partial charge in [0.05, 0.1) is 17.8 Å². The minimum atomic E-state index is -2.91. The van der Waals surface area contributed by atoms with Gasteiger partial charge < -0.3 is 9.30 Å². The van der Waals surface area contributed by atoms with E-state index in [2.05, 4.69) is 11.8 Å². The Kier molecular flexibility index (Phi) is 6.10. The van der Waals surface area contributed by atoms with Crippen molar-refractivity contribution in [2.45, 2.75) is 19.9 Å². The van der Waals surface area contributed by atoms with Crippen LogP contribution in [0.2, 0.25) is 5.02 Å². The maximum absolute atomic E-state index is 14.4. The predicted molar refractivity (Wildman–Crippen MR) is 86.0 cm³/mol. The molecule has 0 saturated heterocycles. The summed E-state index contributed by atoms with van der Waals surface area (Å²) in [6.07, 6.45) is -2.91. The first kappa shape index (κ1) is 18.9. The second-order valence-corrected chi connectivity index (χ2v) is 5.26. The number of hydrogen-bond acceptors (Lipinski definition) is 2. The monoisotopic (exact) mass is 373 g/mol. The summed E-state index contributed by atoms with van der Waals surface area (Å²) < 4.78 is 59.8. The Bertz CT molecular complexity index is 877. The summed E-state index contributed by atoms with van der Waals surface area (Å²) in [4.78, 5) is 12.0. The quantitative estimate of drug-likeness (QED) is 0.583. The lowest BCUT2D eigenvalue weighted by atomic mass is 10.1. The Morgan fingerprint density at radius 2 is 1.88 bits per heavy atom. The third kappa shape index (κ3) is 4.34. The predicted octanol–water partition coefficient (Wildman–Crippen LogP) is 4.11. The zero-order chi connectivity index (χ0) is 18.6. The highest BCUT2D eigenvalue weighted by Crippen LogP contribution is 2.30. The molecule has 0 aliphatic carbocycles. The molecular weight excluding hydrogens is 362 g/mol. The molecule has 0 bridgehead atoms. The van der Waals surface area contributed by atoms with Crippen molar-refractivity contribution in [2.75, 3.05) is 6.61 Å². The van der Waals surface area contributed by atoms with Gasteiger partial charge in [0.1, 0.15) is 29.0 Å². The van der Waals surface area contributed by atoms with Crippen LogP contribution in [-0.4, -0.2) is 17.6 Å². The fourth-order valence-corrected chi connectivity index (χ4v) is 2.32. The average molecular weight is 374 g/mol. The molecule has 0 aliphatic heterocycles. The van der Waals surface area contributed by atoms with Crippen molar-refractivity contribution < 1.29 is 22.3 Å². The van der Waals surface area contributed by atoms with Crippen molar-refractivity contribution in [1.82, 2.24) is 4.57 Å². The zero-order valence-electron chi connectivity index (χ0n) is 13.0. The van der Waals surface area contributed by atoms with Crippen molar-refractivity contribution in [2.24, 2.45) is 0 Å². The van der Waals surface area contributed by atoms with Gasteiger partial charge >= 0.3 is 0 Å². The molecule has 0 saturated carbocycles. The lowest BCUT2D eigenvalue weighted by Gasteiger charge is -2.15. The maximum atomic E-state index is 14.4. The smallest absolute Gasteiger partial charge is 0.269 e. The normalized spacial score (nSPS) is 10.5. The van der Waals surface area contributed by atoms with Crippen LogP contribution in [-0.2, 0) is 6.54 Å². The number of ether oxygens (including phenoxy) is 1. The minimum Gasteiger partial charge on any atom is -0.481 e. The number of hydrogen-bond donors (Lipinski definition) is 0. The van der Waals surface area contributed by atoms with Gasteiger partial charge in [0, 0.05) is 12.1 Å². The van der Waals surface area contributed by atoms with Gasteiger partial charge in [-0.3, -0.25) is 4.79 Å². The van der Waals surface area contributed by atoms with Crippen molar-refractivity contribution in [3.8, 4) is 28.8 Å². The third-order valence-electron chi connectivity index (χ3n) is 3.21. The third-order valence-corrected chi connectivity index (χ3v) is 3.50. The fraction of sp³-hybridized carbons (Fsp3) is 0.235. The molecule has 0 spiro atoms. The van der Waals surface area contributed by atoms with E-state index in [9.17, 15) is 22.4 Å². The van der Waals surface area contributed by atoms with Gasteiger partial charge in [-0.1, -0.05) is 17.5 Å². The van der Waals surface area contributed by atoms with Crippen molar-refractivity contribution in [3.63, 3.8) is 0 Å². The maximum Gasteiger partial charge on any atom is 0.269 e. The van der Waals surface area contributed by atoms with Crippen LogP contribution in [0.4, 0.5) is 17.6 Å². The molecule has 8 heteroatoms. The first-order valence-corrected chi connectivity index (χ1v) is 7.42. The summed E-state index contributed by atoms with van der Waals surface area (Å²) >= 11 is 5.63. The molecule has 132 valence electrons. The molecule has 0 fully saturated rings. The van der Waals surface area contributed by atoms with E-state index in [0.29, 0.717) is 4.57 Å². The first-order chi connectivity index (χ1) is 11.8. The Morgan fingerprint density at radius 1 is 1.24 bits per heavy atom. The summed E-state index contributed by atoms with van der Waals surface area (Å²) in [5.74, 6) is 2.88. The molecule has 25 heavy (non-hydrogen) atoms. The van der Waals surface area contributed by atoms with E-state index in [4.69, 9.17) is 16.3 Å². The highest BCUT2D eigenvalue weighted by atomic mass is 35.5. The molecule has 0 radical (unpaired) electrons. The molecule has 2 rings (SSSR count). The minimum absolute atomic E-state index is 0.0637.